The van der Waals surface area contributed by atoms with Gasteiger partial charge in [0.25, 0.3) is 5.69 Å². The van der Waals surface area contributed by atoms with Crippen molar-refractivity contribution < 1.29 is 9.66 Å². The van der Waals surface area contributed by atoms with Crippen molar-refractivity contribution >= 4 is 11.3 Å². The van der Waals surface area contributed by atoms with Crippen molar-refractivity contribution in [1.82, 2.24) is 14.3 Å². The lowest BCUT2D eigenvalue weighted by Gasteiger charge is -2.38. The number of aryl methyl sites for hydroxylation is 1. The molecule has 0 saturated carbocycles. The highest BCUT2D eigenvalue weighted by atomic mass is 16.6. The number of fused-ring (bicyclic) bond motifs is 1. The van der Waals surface area contributed by atoms with Gasteiger partial charge in [0, 0.05) is 38.0 Å². The van der Waals surface area contributed by atoms with Crippen LogP contribution in [-0.4, -0.2) is 38.4 Å². The number of hydrogen-bond donors (Lipinski definition) is 0. The number of nitro benzene ring substituents is 1. The minimum Gasteiger partial charge on any atom is -0.488 e. The van der Waals surface area contributed by atoms with E-state index in [-0.39, 0.29) is 11.8 Å². The smallest absolute Gasteiger partial charge is 0.269 e. The summed E-state index contributed by atoms with van der Waals surface area (Å²) in [6, 6.07) is 10.3. The molecule has 0 aliphatic carbocycles. The Balaban J connectivity index is 1.34. The van der Waals surface area contributed by atoms with Gasteiger partial charge in [0.2, 0.25) is 0 Å². The van der Waals surface area contributed by atoms with E-state index in [0.29, 0.717) is 5.75 Å². The number of imidazole rings is 1. The summed E-state index contributed by atoms with van der Waals surface area (Å²) in [4.78, 5) is 17.0. The molecule has 1 fully saturated rings. The number of aromatic nitrogens is 2. The van der Waals surface area contributed by atoms with Crippen LogP contribution in [0.2, 0.25) is 0 Å². The quantitative estimate of drug-likeness (QED) is 0.528. The second kappa shape index (κ2) is 6.18. The Labute approximate surface area is 144 Å². The molecule has 0 amide bonds. The van der Waals surface area contributed by atoms with E-state index in [1.807, 2.05) is 12.3 Å². The largest absolute Gasteiger partial charge is 0.488 e. The number of rotatable bonds is 5. The van der Waals surface area contributed by atoms with Crippen molar-refractivity contribution in [1.29, 1.82) is 0 Å². The maximum absolute atomic E-state index is 10.7. The van der Waals surface area contributed by atoms with Crippen LogP contribution >= 0.6 is 0 Å². The normalized spacial score (nSPS) is 15.2. The van der Waals surface area contributed by atoms with E-state index in [2.05, 4.69) is 33.5 Å². The molecule has 0 spiro atoms. The second-order valence-corrected chi connectivity index (χ2v) is 6.37. The standard InChI is InChI=1S/C18H18N4O3/c1-13-2-7-18-19-8-15(21(18)9-13)10-20-11-17(12-20)25-16-5-3-14(4-6-16)22(23)24/h2-9,17H,10-12H2,1H3. The summed E-state index contributed by atoms with van der Waals surface area (Å²) in [5.74, 6) is 0.667. The molecule has 0 radical (unpaired) electrons. The molecule has 1 aromatic carbocycles. The van der Waals surface area contributed by atoms with Crippen molar-refractivity contribution in [2.45, 2.75) is 19.6 Å². The number of non-ortho nitro benzene ring substituents is 1. The molecule has 0 unspecified atom stereocenters. The average molecular weight is 338 g/mol. The molecule has 1 aliphatic rings. The first-order chi connectivity index (χ1) is 12.1. The van der Waals surface area contributed by atoms with Crippen LogP contribution in [0.15, 0.2) is 48.8 Å². The van der Waals surface area contributed by atoms with Crippen molar-refractivity contribution in [3.63, 3.8) is 0 Å². The monoisotopic (exact) mass is 338 g/mol. The van der Waals surface area contributed by atoms with Gasteiger partial charge in [-0.05, 0) is 30.7 Å². The predicted molar refractivity (Wildman–Crippen MR) is 92.7 cm³/mol. The Morgan fingerprint density at radius 1 is 1.24 bits per heavy atom. The number of hydrogen-bond acceptors (Lipinski definition) is 5. The van der Waals surface area contributed by atoms with Gasteiger partial charge >= 0.3 is 0 Å². The zero-order chi connectivity index (χ0) is 17.4. The van der Waals surface area contributed by atoms with E-state index in [1.54, 1.807) is 12.1 Å². The van der Waals surface area contributed by atoms with Gasteiger partial charge in [0.1, 0.15) is 17.5 Å². The number of ether oxygens (including phenoxy) is 1. The zero-order valence-electron chi connectivity index (χ0n) is 13.8. The van der Waals surface area contributed by atoms with E-state index < -0.39 is 4.92 Å². The summed E-state index contributed by atoms with van der Waals surface area (Å²) in [5.41, 5.74) is 3.40. The van der Waals surface area contributed by atoms with Gasteiger partial charge in [0.05, 0.1) is 16.8 Å². The lowest BCUT2D eigenvalue weighted by Crippen LogP contribution is -2.53. The first kappa shape index (κ1) is 15.6. The van der Waals surface area contributed by atoms with Gasteiger partial charge in [0.15, 0.2) is 0 Å². The Morgan fingerprint density at radius 3 is 2.72 bits per heavy atom. The third-order valence-corrected chi connectivity index (χ3v) is 4.39. The third kappa shape index (κ3) is 3.18. The fourth-order valence-corrected chi connectivity index (χ4v) is 3.05. The first-order valence-corrected chi connectivity index (χ1v) is 8.14. The summed E-state index contributed by atoms with van der Waals surface area (Å²) >= 11 is 0. The van der Waals surface area contributed by atoms with Crippen LogP contribution in [-0.2, 0) is 6.54 Å². The first-order valence-electron chi connectivity index (χ1n) is 8.14. The second-order valence-electron chi connectivity index (χ2n) is 6.37. The van der Waals surface area contributed by atoms with Gasteiger partial charge < -0.3 is 9.14 Å². The number of nitrogens with zero attached hydrogens (tertiary/aromatic N) is 4. The molecule has 1 saturated heterocycles. The van der Waals surface area contributed by atoms with Crippen molar-refractivity contribution in [2.24, 2.45) is 0 Å². The minimum absolute atomic E-state index is 0.0745. The van der Waals surface area contributed by atoms with Gasteiger partial charge in [-0.1, -0.05) is 6.07 Å². The molecule has 1 aliphatic heterocycles. The van der Waals surface area contributed by atoms with E-state index in [1.165, 1.54) is 17.7 Å². The fraction of sp³-hybridized carbons (Fsp3) is 0.278. The van der Waals surface area contributed by atoms with Crippen LogP contribution in [0.5, 0.6) is 5.75 Å². The van der Waals surface area contributed by atoms with E-state index in [4.69, 9.17) is 4.74 Å². The van der Waals surface area contributed by atoms with Gasteiger partial charge in [-0.2, -0.15) is 0 Å². The molecule has 0 N–H and O–H groups in total. The Hall–Kier alpha value is -2.93. The van der Waals surface area contributed by atoms with Crippen molar-refractivity contribution in [2.75, 3.05) is 13.1 Å². The van der Waals surface area contributed by atoms with Gasteiger partial charge in [-0.15, -0.1) is 0 Å². The molecule has 2 aromatic heterocycles. The molecular formula is C18H18N4O3. The molecule has 3 aromatic rings. The maximum Gasteiger partial charge on any atom is 0.269 e. The number of nitro groups is 1. The van der Waals surface area contributed by atoms with Crippen LogP contribution in [0.1, 0.15) is 11.3 Å². The molecule has 0 bridgehead atoms. The molecule has 3 heterocycles. The molecule has 0 atom stereocenters. The Morgan fingerprint density at radius 2 is 2.00 bits per heavy atom. The lowest BCUT2D eigenvalue weighted by molar-refractivity contribution is -0.384. The maximum atomic E-state index is 10.7. The predicted octanol–water partition coefficient (Wildman–Crippen LogP) is 2.81. The Kier molecular flexibility index (Phi) is 3.85. The molecule has 4 rings (SSSR count). The van der Waals surface area contributed by atoms with E-state index in [9.17, 15) is 10.1 Å². The van der Waals surface area contributed by atoms with Gasteiger partial charge in [-0.25, -0.2) is 4.98 Å². The molecular weight excluding hydrogens is 320 g/mol. The van der Waals surface area contributed by atoms with Crippen molar-refractivity contribution in [3.05, 3.63) is 70.2 Å². The van der Waals surface area contributed by atoms with E-state index in [0.717, 1.165) is 31.0 Å². The summed E-state index contributed by atoms with van der Waals surface area (Å²) in [6.45, 7) is 4.55. The van der Waals surface area contributed by atoms with E-state index >= 15 is 0 Å². The average Bonchev–Trinajstić information content (AvgIpc) is 2.95. The molecule has 128 valence electrons. The number of benzene rings is 1. The highest BCUT2D eigenvalue weighted by molar-refractivity contribution is 5.41. The minimum atomic E-state index is -0.410. The van der Waals surface area contributed by atoms with Crippen LogP contribution < -0.4 is 4.74 Å². The van der Waals surface area contributed by atoms with Crippen LogP contribution in [0.4, 0.5) is 5.69 Å². The number of likely N-dealkylation sites (tertiary alicyclic amines) is 1. The summed E-state index contributed by atoms with van der Waals surface area (Å²) in [7, 11) is 0. The highest BCUT2D eigenvalue weighted by Gasteiger charge is 2.29. The van der Waals surface area contributed by atoms with Crippen LogP contribution in [0, 0.1) is 17.0 Å². The molecule has 7 heteroatoms. The highest BCUT2D eigenvalue weighted by Crippen LogP contribution is 2.22. The summed E-state index contributed by atoms with van der Waals surface area (Å²) in [6.07, 6.45) is 4.13. The fourth-order valence-electron chi connectivity index (χ4n) is 3.05. The molecule has 25 heavy (non-hydrogen) atoms. The van der Waals surface area contributed by atoms with Gasteiger partial charge in [-0.3, -0.25) is 15.0 Å². The SMILES string of the molecule is Cc1ccc2ncc(CN3CC(Oc4ccc([N+](=O)[O-])cc4)C3)n2c1. The number of pyridine rings is 1. The van der Waals surface area contributed by atoms with Crippen LogP contribution in [0.3, 0.4) is 0 Å². The van der Waals surface area contributed by atoms with Crippen molar-refractivity contribution in [3.8, 4) is 5.75 Å². The zero-order valence-corrected chi connectivity index (χ0v) is 13.8. The molecule has 7 nitrogen and oxygen atoms in total. The Bertz CT molecular complexity index is 914. The third-order valence-electron chi connectivity index (χ3n) is 4.39. The lowest BCUT2D eigenvalue weighted by atomic mass is 10.1. The topological polar surface area (TPSA) is 72.9 Å². The summed E-state index contributed by atoms with van der Waals surface area (Å²) in [5, 5.41) is 10.7. The summed E-state index contributed by atoms with van der Waals surface area (Å²) < 4.78 is 7.98. The van der Waals surface area contributed by atoms with Crippen LogP contribution in [0.25, 0.3) is 5.65 Å².